The Morgan fingerprint density at radius 1 is 1.47 bits per heavy atom. The predicted octanol–water partition coefficient (Wildman–Crippen LogP) is 2.00. The molecule has 0 atom stereocenters. The number of nitriles is 1. The van der Waals surface area contributed by atoms with Gasteiger partial charge in [0.25, 0.3) is 0 Å². The lowest BCUT2D eigenvalue weighted by molar-refractivity contribution is -0.127. The molecule has 4 heteroatoms. The van der Waals surface area contributed by atoms with E-state index in [0.29, 0.717) is 12.5 Å². The third-order valence-corrected chi connectivity index (χ3v) is 3.57. The first-order valence-electron chi connectivity index (χ1n) is 6.45. The molecule has 0 saturated heterocycles. The standard InChI is InChI=1S/C13H22N2O2/c1-3-11-5-7-13(10-14,8-6-11)15-12(16)9-17-4-2/h11H,3-9H2,1-2H3,(H,15,16). The number of rotatable bonds is 5. The fourth-order valence-corrected chi connectivity index (χ4v) is 2.34. The van der Waals surface area contributed by atoms with Crippen LogP contribution in [0.25, 0.3) is 0 Å². The fraction of sp³-hybridized carbons (Fsp3) is 0.846. The molecule has 0 aromatic carbocycles. The van der Waals surface area contributed by atoms with Crippen LogP contribution in [0.15, 0.2) is 0 Å². The van der Waals surface area contributed by atoms with Gasteiger partial charge in [-0.1, -0.05) is 13.3 Å². The second kappa shape index (κ2) is 6.61. The summed E-state index contributed by atoms with van der Waals surface area (Å²) in [6.07, 6.45) is 4.74. The first kappa shape index (κ1) is 14.0. The molecule has 0 aliphatic heterocycles. The van der Waals surface area contributed by atoms with Gasteiger partial charge in [0.15, 0.2) is 0 Å². The molecule has 0 unspecified atom stereocenters. The van der Waals surface area contributed by atoms with Crippen molar-refractivity contribution in [3.05, 3.63) is 0 Å². The van der Waals surface area contributed by atoms with E-state index < -0.39 is 5.54 Å². The van der Waals surface area contributed by atoms with Crippen molar-refractivity contribution in [2.75, 3.05) is 13.2 Å². The van der Waals surface area contributed by atoms with Gasteiger partial charge in [-0.25, -0.2) is 0 Å². The van der Waals surface area contributed by atoms with Crippen molar-refractivity contribution >= 4 is 5.91 Å². The van der Waals surface area contributed by atoms with Gasteiger partial charge < -0.3 is 10.1 Å². The summed E-state index contributed by atoms with van der Waals surface area (Å²) < 4.78 is 5.05. The van der Waals surface area contributed by atoms with Crippen molar-refractivity contribution in [3.63, 3.8) is 0 Å². The van der Waals surface area contributed by atoms with E-state index >= 15 is 0 Å². The molecule has 0 bridgehead atoms. The topological polar surface area (TPSA) is 62.1 Å². The van der Waals surface area contributed by atoms with E-state index in [9.17, 15) is 10.1 Å². The number of ether oxygens (including phenoxy) is 1. The highest BCUT2D eigenvalue weighted by molar-refractivity contribution is 5.78. The number of amides is 1. The second-order valence-electron chi connectivity index (χ2n) is 4.73. The predicted molar refractivity (Wildman–Crippen MR) is 65.2 cm³/mol. The Bertz CT molecular complexity index is 288. The lowest BCUT2D eigenvalue weighted by Gasteiger charge is -2.35. The number of carbonyl (C=O) groups excluding carboxylic acids is 1. The van der Waals surface area contributed by atoms with Gasteiger partial charge in [-0.05, 0) is 38.5 Å². The first-order valence-corrected chi connectivity index (χ1v) is 6.45. The highest BCUT2D eigenvalue weighted by Crippen LogP contribution is 2.33. The summed E-state index contributed by atoms with van der Waals surface area (Å²) in [5.41, 5.74) is -0.653. The lowest BCUT2D eigenvalue weighted by Crippen LogP contribution is -2.50. The average molecular weight is 238 g/mol. The van der Waals surface area contributed by atoms with Gasteiger partial charge in [0.1, 0.15) is 12.1 Å². The normalized spacial score (nSPS) is 28.4. The van der Waals surface area contributed by atoms with Crippen LogP contribution in [0.1, 0.15) is 46.0 Å². The van der Waals surface area contributed by atoms with Gasteiger partial charge in [0.05, 0.1) is 6.07 Å². The second-order valence-corrected chi connectivity index (χ2v) is 4.73. The molecule has 1 fully saturated rings. The smallest absolute Gasteiger partial charge is 0.247 e. The Balaban J connectivity index is 2.48. The van der Waals surface area contributed by atoms with Crippen molar-refractivity contribution in [2.45, 2.75) is 51.5 Å². The van der Waals surface area contributed by atoms with Crippen LogP contribution in [0.4, 0.5) is 0 Å². The van der Waals surface area contributed by atoms with Crippen molar-refractivity contribution in [1.82, 2.24) is 5.32 Å². The molecule has 0 heterocycles. The van der Waals surface area contributed by atoms with Gasteiger partial charge >= 0.3 is 0 Å². The van der Waals surface area contributed by atoms with Gasteiger partial charge in [-0.15, -0.1) is 0 Å². The molecule has 1 aliphatic carbocycles. The molecule has 0 aromatic heterocycles. The number of nitrogens with zero attached hydrogens (tertiary/aromatic N) is 1. The van der Waals surface area contributed by atoms with Crippen LogP contribution in [0.3, 0.4) is 0 Å². The molecule has 0 radical (unpaired) electrons. The summed E-state index contributed by atoms with van der Waals surface area (Å²) in [6, 6.07) is 2.28. The maximum Gasteiger partial charge on any atom is 0.247 e. The van der Waals surface area contributed by atoms with Crippen LogP contribution in [0, 0.1) is 17.2 Å². The minimum atomic E-state index is -0.653. The van der Waals surface area contributed by atoms with Gasteiger partial charge in [0, 0.05) is 6.61 Å². The zero-order chi connectivity index (χ0) is 12.7. The summed E-state index contributed by atoms with van der Waals surface area (Å²) in [5.74, 6) is 0.531. The molecule has 1 N–H and O–H groups in total. The Kier molecular flexibility index (Phi) is 5.43. The molecular weight excluding hydrogens is 216 g/mol. The van der Waals surface area contributed by atoms with Gasteiger partial charge in [-0.2, -0.15) is 5.26 Å². The highest BCUT2D eigenvalue weighted by Gasteiger charge is 2.36. The van der Waals surface area contributed by atoms with Gasteiger partial charge in [0.2, 0.25) is 5.91 Å². The van der Waals surface area contributed by atoms with E-state index in [2.05, 4.69) is 18.3 Å². The molecule has 4 nitrogen and oxygen atoms in total. The summed E-state index contributed by atoms with van der Waals surface area (Å²) in [5, 5.41) is 12.1. The number of hydrogen-bond acceptors (Lipinski definition) is 3. The average Bonchev–Trinajstić information content (AvgIpc) is 2.37. The zero-order valence-electron chi connectivity index (χ0n) is 10.8. The largest absolute Gasteiger partial charge is 0.372 e. The molecule has 0 aromatic rings. The Morgan fingerprint density at radius 3 is 2.59 bits per heavy atom. The van der Waals surface area contributed by atoms with Crippen LogP contribution in [-0.2, 0) is 9.53 Å². The van der Waals surface area contributed by atoms with Crippen LogP contribution >= 0.6 is 0 Å². The fourth-order valence-electron chi connectivity index (χ4n) is 2.34. The van der Waals surface area contributed by atoms with Crippen molar-refractivity contribution in [2.24, 2.45) is 5.92 Å². The summed E-state index contributed by atoms with van der Waals surface area (Å²) in [7, 11) is 0. The Hall–Kier alpha value is -1.08. The Labute approximate surface area is 103 Å². The van der Waals surface area contributed by atoms with E-state index in [1.165, 1.54) is 0 Å². The van der Waals surface area contributed by atoms with E-state index in [1.54, 1.807) is 0 Å². The number of hydrogen-bond donors (Lipinski definition) is 1. The molecule has 1 saturated carbocycles. The maximum atomic E-state index is 11.6. The third kappa shape index (κ3) is 4.01. The Morgan fingerprint density at radius 2 is 2.12 bits per heavy atom. The van der Waals surface area contributed by atoms with E-state index in [0.717, 1.165) is 32.1 Å². The van der Waals surface area contributed by atoms with E-state index in [-0.39, 0.29) is 12.5 Å². The van der Waals surface area contributed by atoms with Crippen molar-refractivity contribution in [1.29, 1.82) is 5.26 Å². The van der Waals surface area contributed by atoms with Crippen LogP contribution in [0.2, 0.25) is 0 Å². The summed E-state index contributed by atoms with van der Waals surface area (Å²) in [4.78, 5) is 11.6. The molecule has 0 spiro atoms. The molecule has 96 valence electrons. The number of nitrogens with one attached hydrogen (secondary N) is 1. The molecular formula is C13H22N2O2. The zero-order valence-corrected chi connectivity index (χ0v) is 10.8. The molecule has 1 aliphatic rings. The van der Waals surface area contributed by atoms with E-state index in [1.807, 2.05) is 6.92 Å². The molecule has 1 rings (SSSR count). The molecule has 17 heavy (non-hydrogen) atoms. The van der Waals surface area contributed by atoms with Crippen LogP contribution in [-0.4, -0.2) is 24.7 Å². The van der Waals surface area contributed by atoms with Crippen LogP contribution in [0.5, 0.6) is 0 Å². The number of carbonyl (C=O) groups is 1. The summed E-state index contributed by atoms with van der Waals surface area (Å²) >= 11 is 0. The minimum absolute atomic E-state index is 0.0527. The lowest BCUT2D eigenvalue weighted by atomic mass is 9.76. The maximum absolute atomic E-state index is 11.6. The van der Waals surface area contributed by atoms with Crippen molar-refractivity contribution < 1.29 is 9.53 Å². The summed E-state index contributed by atoms with van der Waals surface area (Å²) in [6.45, 7) is 4.60. The quantitative estimate of drug-likeness (QED) is 0.796. The van der Waals surface area contributed by atoms with E-state index in [4.69, 9.17) is 4.74 Å². The first-order chi connectivity index (χ1) is 8.15. The highest BCUT2D eigenvalue weighted by atomic mass is 16.5. The molecule has 1 amide bonds. The SMILES string of the molecule is CCOCC(=O)NC1(C#N)CCC(CC)CC1. The van der Waals surface area contributed by atoms with Crippen molar-refractivity contribution in [3.8, 4) is 6.07 Å². The third-order valence-electron chi connectivity index (χ3n) is 3.57. The minimum Gasteiger partial charge on any atom is -0.372 e. The van der Waals surface area contributed by atoms with Gasteiger partial charge in [-0.3, -0.25) is 4.79 Å². The van der Waals surface area contributed by atoms with Crippen LogP contribution < -0.4 is 5.32 Å². The monoisotopic (exact) mass is 238 g/mol.